The minimum Gasteiger partial charge on any atom is -0.388 e. The highest BCUT2D eigenvalue weighted by molar-refractivity contribution is 5.82. The summed E-state index contributed by atoms with van der Waals surface area (Å²) >= 11 is 0. The van der Waals surface area contributed by atoms with Gasteiger partial charge in [-0.3, -0.25) is 4.79 Å². The molecule has 0 radical (unpaired) electrons. The Bertz CT molecular complexity index is 233. The van der Waals surface area contributed by atoms with Crippen LogP contribution in [-0.4, -0.2) is 57.0 Å². The number of carbonyl (C=O) groups is 1. The SMILES string of the molecule is CCCN1C(=O)C(O)C(O)C(O)C1CC. The van der Waals surface area contributed by atoms with Crippen molar-refractivity contribution in [1.29, 1.82) is 0 Å². The van der Waals surface area contributed by atoms with Gasteiger partial charge in [0.15, 0.2) is 6.10 Å². The zero-order valence-corrected chi connectivity index (χ0v) is 9.13. The highest BCUT2D eigenvalue weighted by Crippen LogP contribution is 2.22. The molecule has 5 heteroatoms. The van der Waals surface area contributed by atoms with E-state index >= 15 is 0 Å². The molecule has 1 fully saturated rings. The number of aliphatic hydroxyl groups excluding tert-OH is 3. The molecule has 0 aromatic rings. The Kier molecular flexibility index (Phi) is 4.07. The van der Waals surface area contributed by atoms with Gasteiger partial charge >= 0.3 is 0 Å². The van der Waals surface area contributed by atoms with Crippen molar-refractivity contribution in [3.8, 4) is 0 Å². The number of amides is 1. The molecule has 1 rings (SSSR count). The summed E-state index contributed by atoms with van der Waals surface area (Å²) in [7, 11) is 0. The van der Waals surface area contributed by atoms with Crippen molar-refractivity contribution in [3.05, 3.63) is 0 Å². The predicted octanol–water partition coefficient (Wildman–Crippen LogP) is -0.900. The van der Waals surface area contributed by atoms with Crippen LogP contribution in [0.2, 0.25) is 0 Å². The summed E-state index contributed by atoms with van der Waals surface area (Å²) in [5.74, 6) is -0.485. The Morgan fingerprint density at radius 3 is 2.27 bits per heavy atom. The van der Waals surface area contributed by atoms with Gasteiger partial charge in [0.25, 0.3) is 5.91 Å². The summed E-state index contributed by atoms with van der Waals surface area (Å²) < 4.78 is 0. The summed E-state index contributed by atoms with van der Waals surface area (Å²) in [6.07, 6.45) is -2.59. The molecular weight excluding hydrogens is 198 g/mol. The van der Waals surface area contributed by atoms with Crippen molar-refractivity contribution < 1.29 is 20.1 Å². The maximum Gasteiger partial charge on any atom is 0.254 e. The Morgan fingerprint density at radius 1 is 1.20 bits per heavy atom. The lowest BCUT2D eigenvalue weighted by molar-refractivity contribution is -0.175. The third-order valence-corrected chi connectivity index (χ3v) is 2.89. The van der Waals surface area contributed by atoms with Gasteiger partial charge in [-0.1, -0.05) is 13.8 Å². The monoisotopic (exact) mass is 217 g/mol. The molecule has 1 amide bonds. The van der Waals surface area contributed by atoms with Crippen molar-refractivity contribution in [2.45, 2.75) is 51.0 Å². The summed E-state index contributed by atoms with van der Waals surface area (Å²) in [5, 5.41) is 28.6. The fraction of sp³-hybridized carbons (Fsp3) is 0.900. The number of nitrogens with zero attached hydrogens (tertiary/aromatic N) is 1. The van der Waals surface area contributed by atoms with Crippen LogP contribution in [0.3, 0.4) is 0 Å². The third kappa shape index (κ3) is 2.14. The number of hydrogen-bond acceptors (Lipinski definition) is 4. The molecular formula is C10H19NO4. The molecule has 15 heavy (non-hydrogen) atoms. The van der Waals surface area contributed by atoms with E-state index in [1.807, 2.05) is 13.8 Å². The van der Waals surface area contributed by atoms with E-state index in [-0.39, 0.29) is 0 Å². The lowest BCUT2D eigenvalue weighted by Crippen LogP contribution is -2.64. The Hall–Kier alpha value is -0.650. The fourth-order valence-electron chi connectivity index (χ4n) is 2.06. The van der Waals surface area contributed by atoms with Crippen LogP contribution in [0.4, 0.5) is 0 Å². The third-order valence-electron chi connectivity index (χ3n) is 2.89. The van der Waals surface area contributed by atoms with Gasteiger partial charge < -0.3 is 20.2 Å². The van der Waals surface area contributed by atoms with Crippen molar-refractivity contribution in [2.75, 3.05) is 6.54 Å². The highest BCUT2D eigenvalue weighted by atomic mass is 16.4. The first-order valence-electron chi connectivity index (χ1n) is 5.39. The minimum absolute atomic E-state index is 0.393. The van der Waals surface area contributed by atoms with E-state index in [9.17, 15) is 20.1 Å². The average Bonchev–Trinajstić information content (AvgIpc) is 2.24. The molecule has 1 aliphatic heterocycles. The number of likely N-dealkylation sites (tertiary alicyclic amines) is 1. The van der Waals surface area contributed by atoms with Gasteiger partial charge in [0.2, 0.25) is 0 Å². The molecule has 0 aromatic heterocycles. The van der Waals surface area contributed by atoms with Crippen molar-refractivity contribution in [2.24, 2.45) is 0 Å². The molecule has 88 valence electrons. The van der Waals surface area contributed by atoms with E-state index in [0.29, 0.717) is 13.0 Å². The quantitative estimate of drug-likeness (QED) is 0.572. The van der Waals surface area contributed by atoms with Crippen LogP contribution in [-0.2, 0) is 4.79 Å². The van der Waals surface area contributed by atoms with Gasteiger partial charge in [-0.2, -0.15) is 0 Å². The number of carbonyl (C=O) groups excluding carboxylic acids is 1. The first-order valence-corrected chi connectivity index (χ1v) is 5.39. The zero-order chi connectivity index (χ0) is 11.6. The summed E-state index contributed by atoms with van der Waals surface area (Å²) in [6, 6.07) is -0.393. The van der Waals surface area contributed by atoms with E-state index in [1.165, 1.54) is 4.90 Å². The van der Waals surface area contributed by atoms with Crippen LogP contribution in [0, 0.1) is 0 Å². The number of aliphatic hydroxyl groups is 3. The second-order valence-electron chi connectivity index (χ2n) is 3.93. The molecule has 1 aliphatic rings. The van der Waals surface area contributed by atoms with E-state index in [1.54, 1.807) is 0 Å². The van der Waals surface area contributed by atoms with Gasteiger partial charge in [-0.15, -0.1) is 0 Å². The first kappa shape index (κ1) is 12.4. The Morgan fingerprint density at radius 2 is 1.80 bits per heavy atom. The van der Waals surface area contributed by atoms with Crippen molar-refractivity contribution >= 4 is 5.91 Å². The molecule has 0 spiro atoms. The van der Waals surface area contributed by atoms with Crippen LogP contribution < -0.4 is 0 Å². The molecule has 1 heterocycles. The van der Waals surface area contributed by atoms with Crippen LogP contribution in [0.25, 0.3) is 0 Å². The molecule has 4 atom stereocenters. The van der Waals surface area contributed by atoms with Gasteiger partial charge in [0.05, 0.1) is 6.04 Å². The van der Waals surface area contributed by atoms with Gasteiger partial charge in [-0.05, 0) is 12.8 Å². The summed E-state index contributed by atoms with van der Waals surface area (Å²) in [6.45, 7) is 4.26. The second kappa shape index (κ2) is 4.92. The number of rotatable bonds is 3. The maximum atomic E-state index is 11.6. The standard InChI is InChI=1S/C10H19NO4/c1-3-5-11-6(4-2)7(12)8(13)9(14)10(11)15/h6-9,12-14H,3-5H2,1-2H3. The molecule has 0 saturated carbocycles. The lowest BCUT2D eigenvalue weighted by Gasteiger charge is -2.43. The Balaban J connectivity index is 2.87. The average molecular weight is 217 g/mol. The van der Waals surface area contributed by atoms with Crippen molar-refractivity contribution in [3.63, 3.8) is 0 Å². The molecule has 0 bridgehead atoms. The summed E-state index contributed by atoms with van der Waals surface area (Å²) in [4.78, 5) is 13.1. The lowest BCUT2D eigenvalue weighted by atomic mass is 9.91. The van der Waals surface area contributed by atoms with Crippen LogP contribution in [0.1, 0.15) is 26.7 Å². The molecule has 4 unspecified atom stereocenters. The second-order valence-corrected chi connectivity index (χ2v) is 3.93. The number of hydrogen-bond donors (Lipinski definition) is 3. The smallest absolute Gasteiger partial charge is 0.254 e. The molecule has 1 saturated heterocycles. The fourth-order valence-corrected chi connectivity index (χ4v) is 2.06. The van der Waals surface area contributed by atoms with Crippen LogP contribution >= 0.6 is 0 Å². The summed E-state index contributed by atoms with van der Waals surface area (Å²) in [5.41, 5.74) is 0. The normalized spacial score (nSPS) is 37.1. The Labute approximate surface area is 89.3 Å². The molecule has 3 N–H and O–H groups in total. The van der Waals surface area contributed by atoms with Crippen LogP contribution in [0.5, 0.6) is 0 Å². The van der Waals surface area contributed by atoms with E-state index in [4.69, 9.17) is 0 Å². The zero-order valence-electron chi connectivity index (χ0n) is 9.13. The van der Waals surface area contributed by atoms with E-state index in [2.05, 4.69) is 0 Å². The number of piperidine rings is 1. The van der Waals surface area contributed by atoms with Crippen molar-refractivity contribution in [1.82, 2.24) is 4.90 Å². The maximum absolute atomic E-state index is 11.6. The highest BCUT2D eigenvalue weighted by Gasteiger charge is 2.45. The van der Waals surface area contributed by atoms with E-state index < -0.39 is 30.3 Å². The molecule has 5 nitrogen and oxygen atoms in total. The minimum atomic E-state index is -1.49. The molecule has 0 aromatic carbocycles. The first-order chi connectivity index (χ1) is 7.04. The largest absolute Gasteiger partial charge is 0.388 e. The van der Waals surface area contributed by atoms with Gasteiger partial charge in [-0.25, -0.2) is 0 Å². The predicted molar refractivity (Wildman–Crippen MR) is 54.1 cm³/mol. The van der Waals surface area contributed by atoms with E-state index in [0.717, 1.165) is 6.42 Å². The van der Waals surface area contributed by atoms with Gasteiger partial charge in [0, 0.05) is 6.54 Å². The van der Waals surface area contributed by atoms with Crippen LogP contribution in [0.15, 0.2) is 0 Å². The van der Waals surface area contributed by atoms with Gasteiger partial charge in [0.1, 0.15) is 12.2 Å². The topological polar surface area (TPSA) is 81.0 Å². The molecule has 0 aliphatic carbocycles.